The molecule has 0 aliphatic carbocycles. The molecule has 1 aromatic rings. The van der Waals surface area contributed by atoms with Gasteiger partial charge in [0.1, 0.15) is 0 Å². The smallest absolute Gasteiger partial charge is 0.299 e. The summed E-state index contributed by atoms with van der Waals surface area (Å²) in [6.07, 6.45) is 1.88. The van der Waals surface area contributed by atoms with E-state index in [0.717, 1.165) is 29.2 Å². The first-order valence-corrected chi connectivity index (χ1v) is 5.53. The molecule has 1 aliphatic rings. The molecule has 0 bridgehead atoms. The second-order valence-corrected chi connectivity index (χ2v) is 4.54. The third kappa shape index (κ3) is 1.23. The Hall–Kier alpha value is -0.970. The Kier molecular flexibility index (Phi) is 2.26. The number of nitrogens with zero attached hydrogens (tertiary/aromatic N) is 2. The summed E-state index contributed by atoms with van der Waals surface area (Å²) in [5.74, 6) is 0.973. The zero-order chi connectivity index (χ0) is 10.3. The van der Waals surface area contributed by atoms with E-state index in [2.05, 4.69) is 0 Å². The highest BCUT2D eigenvalue weighted by Gasteiger charge is 2.18. The van der Waals surface area contributed by atoms with Crippen molar-refractivity contribution in [2.45, 2.75) is 17.7 Å². The summed E-state index contributed by atoms with van der Waals surface area (Å²) >= 11 is 1.56. The van der Waals surface area contributed by atoms with Gasteiger partial charge in [0.2, 0.25) is 0 Å². The first-order valence-electron chi connectivity index (χ1n) is 4.54. The van der Waals surface area contributed by atoms with Gasteiger partial charge in [-0.3, -0.25) is 13.9 Å². The molecule has 0 unspecified atom stereocenters. The maximum atomic E-state index is 11.7. The van der Waals surface area contributed by atoms with E-state index in [9.17, 15) is 9.59 Å². The van der Waals surface area contributed by atoms with Gasteiger partial charge in [0.25, 0.3) is 5.56 Å². The van der Waals surface area contributed by atoms with Crippen LogP contribution in [0.25, 0.3) is 0 Å². The highest BCUT2D eigenvalue weighted by molar-refractivity contribution is 7.99. The summed E-state index contributed by atoms with van der Waals surface area (Å²) in [6.45, 7) is 0. The SMILES string of the molecule is Cn1c2c(c(=O)n(C)c1=O)SCCC2. The molecule has 1 aliphatic heterocycles. The van der Waals surface area contributed by atoms with E-state index in [1.807, 2.05) is 0 Å². The van der Waals surface area contributed by atoms with Crippen LogP contribution in [0.2, 0.25) is 0 Å². The van der Waals surface area contributed by atoms with Gasteiger partial charge in [-0.15, -0.1) is 11.8 Å². The molecule has 0 radical (unpaired) electrons. The van der Waals surface area contributed by atoms with Crippen molar-refractivity contribution in [1.82, 2.24) is 9.13 Å². The molecule has 4 nitrogen and oxygen atoms in total. The van der Waals surface area contributed by atoms with Gasteiger partial charge in [-0.05, 0) is 18.6 Å². The van der Waals surface area contributed by atoms with Crippen LogP contribution in [0.4, 0.5) is 0 Å². The third-order valence-corrected chi connectivity index (χ3v) is 3.74. The average Bonchev–Trinajstić information content (AvgIpc) is 2.23. The van der Waals surface area contributed by atoms with Gasteiger partial charge in [0.15, 0.2) is 0 Å². The van der Waals surface area contributed by atoms with E-state index in [0.29, 0.717) is 0 Å². The first-order chi connectivity index (χ1) is 6.63. The molecule has 1 aromatic heterocycles. The van der Waals surface area contributed by atoms with Crippen molar-refractivity contribution in [3.63, 3.8) is 0 Å². The van der Waals surface area contributed by atoms with Crippen molar-refractivity contribution in [1.29, 1.82) is 0 Å². The number of hydrogen-bond donors (Lipinski definition) is 0. The monoisotopic (exact) mass is 212 g/mol. The van der Waals surface area contributed by atoms with Gasteiger partial charge in [-0.25, -0.2) is 4.79 Å². The molecule has 0 aromatic carbocycles. The van der Waals surface area contributed by atoms with Gasteiger partial charge in [0.05, 0.1) is 4.90 Å². The van der Waals surface area contributed by atoms with Crippen LogP contribution in [0.15, 0.2) is 14.5 Å². The van der Waals surface area contributed by atoms with E-state index >= 15 is 0 Å². The predicted molar refractivity (Wildman–Crippen MR) is 56.0 cm³/mol. The van der Waals surface area contributed by atoms with E-state index in [1.54, 1.807) is 23.4 Å². The summed E-state index contributed by atoms with van der Waals surface area (Å²) in [4.78, 5) is 24.0. The Labute approximate surface area is 85.6 Å². The highest BCUT2D eigenvalue weighted by atomic mass is 32.2. The molecule has 0 amide bonds. The van der Waals surface area contributed by atoms with Crippen LogP contribution in [-0.4, -0.2) is 14.9 Å². The fourth-order valence-corrected chi connectivity index (χ4v) is 2.85. The summed E-state index contributed by atoms with van der Waals surface area (Å²) in [5, 5.41) is 0. The lowest BCUT2D eigenvalue weighted by Crippen LogP contribution is -2.40. The van der Waals surface area contributed by atoms with Crippen molar-refractivity contribution >= 4 is 11.8 Å². The number of aromatic nitrogens is 2. The summed E-state index contributed by atoms with van der Waals surface area (Å²) in [5.41, 5.74) is 0.526. The standard InChI is InChI=1S/C9H12N2O2S/c1-10-6-4-3-5-14-7(6)8(12)11(2)9(10)13/h3-5H2,1-2H3. The van der Waals surface area contributed by atoms with E-state index < -0.39 is 0 Å². The highest BCUT2D eigenvalue weighted by Crippen LogP contribution is 2.24. The summed E-state index contributed by atoms with van der Waals surface area (Å²) in [6, 6.07) is 0. The fourth-order valence-electron chi connectivity index (χ4n) is 1.70. The molecule has 0 spiro atoms. The Morgan fingerprint density at radius 2 is 1.93 bits per heavy atom. The van der Waals surface area contributed by atoms with E-state index in [1.165, 1.54) is 11.6 Å². The minimum Gasteiger partial charge on any atom is -0.299 e. The molecule has 14 heavy (non-hydrogen) atoms. The number of hydrogen-bond acceptors (Lipinski definition) is 3. The predicted octanol–water partition coefficient (Wildman–Crippen LogP) is 0.122. The van der Waals surface area contributed by atoms with Crippen LogP contribution in [0.5, 0.6) is 0 Å². The van der Waals surface area contributed by atoms with Gasteiger partial charge >= 0.3 is 5.69 Å². The molecule has 0 atom stereocenters. The molecule has 2 rings (SSSR count). The van der Waals surface area contributed by atoms with Crippen molar-refractivity contribution in [3.8, 4) is 0 Å². The lowest BCUT2D eigenvalue weighted by atomic mass is 10.2. The van der Waals surface area contributed by atoms with E-state index in [-0.39, 0.29) is 11.2 Å². The molecular weight excluding hydrogens is 200 g/mol. The second kappa shape index (κ2) is 3.31. The van der Waals surface area contributed by atoms with Crippen LogP contribution in [0.1, 0.15) is 12.1 Å². The Morgan fingerprint density at radius 1 is 1.21 bits per heavy atom. The van der Waals surface area contributed by atoms with Gasteiger partial charge in [-0.2, -0.15) is 0 Å². The van der Waals surface area contributed by atoms with Crippen LogP contribution >= 0.6 is 11.8 Å². The fraction of sp³-hybridized carbons (Fsp3) is 0.556. The lowest BCUT2D eigenvalue weighted by molar-refractivity contribution is 0.610. The van der Waals surface area contributed by atoms with Crippen molar-refractivity contribution < 1.29 is 0 Å². The maximum absolute atomic E-state index is 11.7. The minimum atomic E-state index is -0.226. The Balaban J connectivity index is 2.85. The molecule has 0 saturated carbocycles. The normalized spacial score (nSPS) is 15.3. The van der Waals surface area contributed by atoms with Crippen molar-refractivity contribution in [2.75, 3.05) is 5.75 Å². The zero-order valence-electron chi connectivity index (χ0n) is 8.24. The minimum absolute atomic E-state index is 0.146. The molecule has 0 saturated heterocycles. The second-order valence-electron chi connectivity index (χ2n) is 3.43. The van der Waals surface area contributed by atoms with E-state index in [4.69, 9.17) is 0 Å². The third-order valence-electron chi connectivity index (χ3n) is 2.54. The quantitative estimate of drug-likeness (QED) is 0.613. The lowest BCUT2D eigenvalue weighted by Gasteiger charge is -2.18. The first kappa shape index (κ1) is 9.58. The number of fused-ring (bicyclic) bond motifs is 1. The number of rotatable bonds is 0. The van der Waals surface area contributed by atoms with Crippen LogP contribution in [0, 0.1) is 0 Å². The molecule has 2 heterocycles. The largest absolute Gasteiger partial charge is 0.330 e. The van der Waals surface area contributed by atoms with Crippen molar-refractivity contribution in [3.05, 3.63) is 26.5 Å². The maximum Gasteiger partial charge on any atom is 0.330 e. The summed E-state index contributed by atoms with van der Waals surface area (Å²) in [7, 11) is 3.26. The topological polar surface area (TPSA) is 44.0 Å². The Morgan fingerprint density at radius 3 is 2.64 bits per heavy atom. The zero-order valence-corrected chi connectivity index (χ0v) is 9.06. The summed E-state index contributed by atoms with van der Waals surface area (Å²) < 4.78 is 2.76. The van der Waals surface area contributed by atoms with Crippen LogP contribution < -0.4 is 11.2 Å². The molecular formula is C9H12N2O2S. The van der Waals surface area contributed by atoms with Crippen molar-refractivity contribution in [2.24, 2.45) is 14.1 Å². The van der Waals surface area contributed by atoms with Gasteiger partial charge in [0, 0.05) is 19.8 Å². The number of thioether (sulfide) groups is 1. The van der Waals surface area contributed by atoms with Gasteiger partial charge < -0.3 is 0 Å². The molecule has 0 N–H and O–H groups in total. The van der Waals surface area contributed by atoms with Crippen LogP contribution in [-0.2, 0) is 20.5 Å². The Bertz CT molecular complexity index is 487. The average molecular weight is 212 g/mol. The molecule has 76 valence electrons. The molecule has 5 heteroatoms. The van der Waals surface area contributed by atoms with Gasteiger partial charge in [-0.1, -0.05) is 0 Å². The molecule has 0 fully saturated rings. The van der Waals surface area contributed by atoms with Crippen LogP contribution in [0.3, 0.4) is 0 Å².